The lowest BCUT2D eigenvalue weighted by atomic mass is 9.70. The van der Waals surface area contributed by atoms with Crippen LogP contribution in [0.4, 0.5) is 0 Å². The topological polar surface area (TPSA) is 96.4 Å². The molecule has 1 N–H and O–H groups in total. The van der Waals surface area contributed by atoms with Crippen LogP contribution >= 0.6 is 0 Å². The molecule has 0 aliphatic carbocycles. The van der Waals surface area contributed by atoms with Gasteiger partial charge < -0.3 is 24.4 Å². The number of aliphatic hydroxyl groups excluding tert-OH is 1. The monoisotopic (exact) mass is 532 g/mol. The number of amides is 2. The minimum atomic E-state index is -1.07. The Morgan fingerprint density at radius 1 is 1.18 bits per heavy atom. The minimum absolute atomic E-state index is 0.0328. The Bertz CT molecular complexity index is 909. The molecule has 3 aliphatic heterocycles. The maximum atomic E-state index is 14.5. The molecule has 214 valence electrons. The molecule has 3 rings (SSSR count). The van der Waals surface area contributed by atoms with E-state index in [1.54, 1.807) is 11.0 Å². The first kappa shape index (κ1) is 30.4. The number of nitrogens with zero attached hydrogens (tertiary/aromatic N) is 2. The molecule has 1 spiro atoms. The van der Waals surface area contributed by atoms with Gasteiger partial charge in [0, 0.05) is 25.2 Å². The van der Waals surface area contributed by atoms with E-state index >= 15 is 0 Å². The molecule has 38 heavy (non-hydrogen) atoms. The van der Waals surface area contributed by atoms with Gasteiger partial charge in [0.05, 0.1) is 24.5 Å². The Balaban J connectivity index is 1.94. The molecule has 8 nitrogen and oxygen atoms in total. The molecule has 0 radical (unpaired) electrons. The standard InChI is InChI=1S/C30H48N2O6/c1-8-10-11-12-19-37-27(36)22-21-14-15-30(38-21)23(22)25(34)31(17-13-18-33)24(30)26(35)32(16-9-2)29(6,7)20-28(3,4)5/h8-9,21-24,33H,1-2,10-20H2,3-7H3/t21-,22+,23-,24?,30?/m0/s1. The van der Waals surface area contributed by atoms with E-state index in [9.17, 15) is 19.5 Å². The molecule has 0 saturated carbocycles. The van der Waals surface area contributed by atoms with Gasteiger partial charge >= 0.3 is 5.97 Å². The van der Waals surface area contributed by atoms with Crippen LogP contribution in [0, 0.1) is 17.3 Å². The number of esters is 1. The number of carbonyl (C=O) groups excluding carboxylic acids is 3. The zero-order valence-corrected chi connectivity index (χ0v) is 24.0. The first-order valence-corrected chi connectivity index (χ1v) is 14.1. The van der Waals surface area contributed by atoms with E-state index in [1.807, 2.05) is 24.8 Å². The molecule has 0 aromatic carbocycles. The van der Waals surface area contributed by atoms with Crippen LogP contribution in [0.1, 0.15) is 79.6 Å². The van der Waals surface area contributed by atoms with Crippen LogP contribution in [0.3, 0.4) is 0 Å². The lowest BCUT2D eigenvalue weighted by Crippen LogP contribution is -2.61. The fraction of sp³-hybridized carbons (Fsp3) is 0.767. The van der Waals surface area contributed by atoms with E-state index in [1.165, 1.54) is 0 Å². The zero-order chi connectivity index (χ0) is 28.3. The number of hydrogen-bond acceptors (Lipinski definition) is 6. The van der Waals surface area contributed by atoms with Crippen molar-refractivity contribution in [2.24, 2.45) is 17.3 Å². The van der Waals surface area contributed by atoms with Crippen LogP contribution in [0.15, 0.2) is 25.3 Å². The normalized spacial score (nSPS) is 28.4. The second-order valence-electron chi connectivity index (χ2n) is 12.9. The van der Waals surface area contributed by atoms with Crippen molar-refractivity contribution in [1.82, 2.24) is 9.80 Å². The van der Waals surface area contributed by atoms with Crippen LogP contribution in [-0.2, 0) is 23.9 Å². The van der Waals surface area contributed by atoms with Crippen LogP contribution in [-0.4, -0.2) is 82.3 Å². The summed E-state index contributed by atoms with van der Waals surface area (Å²) >= 11 is 0. The highest BCUT2D eigenvalue weighted by Gasteiger charge is 2.75. The minimum Gasteiger partial charge on any atom is -0.465 e. The highest BCUT2D eigenvalue weighted by atomic mass is 16.6. The summed E-state index contributed by atoms with van der Waals surface area (Å²) in [5.74, 6) is -2.34. The second-order valence-corrected chi connectivity index (χ2v) is 12.9. The molecule has 2 unspecified atom stereocenters. The van der Waals surface area contributed by atoms with Crippen molar-refractivity contribution in [2.45, 2.75) is 103 Å². The lowest BCUT2D eigenvalue weighted by molar-refractivity contribution is -0.156. The third kappa shape index (κ3) is 5.86. The van der Waals surface area contributed by atoms with Crippen molar-refractivity contribution in [3.63, 3.8) is 0 Å². The van der Waals surface area contributed by atoms with Gasteiger partial charge in [0.2, 0.25) is 11.8 Å². The Kier molecular flexibility index (Phi) is 9.51. The summed E-state index contributed by atoms with van der Waals surface area (Å²) in [6, 6.07) is -0.860. The van der Waals surface area contributed by atoms with E-state index in [2.05, 4.69) is 33.9 Å². The van der Waals surface area contributed by atoms with Crippen molar-refractivity contribution in [3.8, 4) is 0 Å². The molecule has 3 saturated heterocycles. The summed E-state index contributed by atoms with van der Waals surface area (Å²) in [7, 11) is 0. The summed E-state index contributed by atoms with van der Waals surface area (Å²) in [6.07, 6.45) is 7.79. The predicted octanol–water partition coefficient (Wildman–Crippen LogP) is 3.87. The number of rotatable bonds is 14. The predicted molar refractivity (Wildman–Crippen MR) is 146 cm³/mol. The van der Waals surface area contributed by atoms with E-state index in [0.29, 0.717) is 25.8 Å². The van der Waals surface area contributed by atoms with Crippen molar-refractivity contribution in [2.75, 3.05) is 26.3 Å². The van der Waals surface area contributed by atoms with Crippen LogP contribution in [0.2, 0.25) is 0 Å². The third-order valence-corrected chi connectivity index (χ3v) is 8.18. The fourth-order valence-electron chi connectivity index (χ4n) is 7.15. The number of fused-ring (bicyclic) bond motifs is 1. The van der Waals surface area contributed by atoms with Gasteiger partial charge in [-0.1, -0.05) is 32.9 Å². The average Bonchev–Trinajstić information content (AvgIpc) is 3.46. The molecular formula is C30H48N2O6. The SMILES string of the molecule is C=CCCCCOC(=O)[C@@H]1[C@@H]2CCC3(O2)C(C(=O)N(CC=C)C(C)(C)CC(C)(C)C)N(CCCO)C(=O)[C@H]13. The summed E-state index contributed by atoms with van der Waals surface area (Å²) in [5.41, 5.74) is -1.61. The Morgan fingerprint density at radius 3 is 2.50 bits per heavy atom. The van der Waals surface area contributed by atoms with Gasteiger partial charge in [0.15, 0.2) is 0 Å². The van der Waals surface area contributed by atoms with Crippen LogP contribution in [0.25, 0.3) is 0 Å². The van der Waals surface area contributed by atoms with E-state index in [0.717, 1.165) is 25.7 Å². The van der Waals surface area contributed by atoms with Crippen LogP contribution in [0.5, 0.6) is 0 Å². The molecule has 2 amide bonds. The smallest absolute Gasteiger partial charge is 0.312 e. The first-order chi connectivity index (χ1) is 17.8. The molecule has 8 heteroatoms. The number of hydrogen-bond donors (Lipinski definition) is 1. The molecule has 0 aromatic rings. The number of unbranched alkanes of at least 4 members (excludes halogenated alkanes) is 2. The Hall–Kier alpha value is -2.19. The van der Waals surface area contributed by atoms with Crippen molar-refractivity contribution < 1.29 is 29.0 Å². The second kappa shape index (κ2) is 11.9. The number of ether oxygens (including phenoxy) is 2. The molecule has 3 heterocycles. The largest absolute Gasteiger partial charge is 0.465 e. The molecule has 3 fully saturated rings. The van der Waals surface area contributed by atoms with Crippen molar-refractivity contribution in [3.05, 3.63) is 25.3 Å². The van der Waals surface area contributed by atoms with Gasteiger partial charge in [0.1, 0.15) is 11.6 Å². The third-order valence-electron chi connectivity index (χ3n) is 8.18. The number of carbonyl (C=O) groups is 3. The summed E-state index contributed by atoms with van der Waals surface area (Å²) in [5, 5.41) is 9.56. The van der Waals surface area contributed by atoms with E-state index in [4.69, 9.17) is 9.47 Å². The van der Waals surface area contributed by atoms with Gasteiger partial charge in [-0.2, -0.15) is 0 Å². The Labute approximate surface area is 228 Å². The first-order valence-electron chi connectivity index (χ1n) is 14.1. The molecular weight excluding hydrogens is 484 g/mol. The Morgan fingerprint density at radius 2 is 1.89 bits per heavy atom. The number of allylic oxidation sites excluding steroid dienone is 1. The van der Waals surface area contributed by atoms with Gasteiger partial charge in [-0.3, -0.25) is 14.4 Å². The zero-order valence-electron chi connectivity index (χ0n) is 24.0. The molecule has 3 aliphatic rings. The summed E-state index contributed by atoms with van der Waals surface area (Å²) < 4.78 is 12.1. The summed E-state index contributed by atoms with van der Waals surface area (Å²) in [4.78, 5) is 45.1. The van der Waals surface area contributed by atoms with Crippen molar-refractivity contribution in [1.29, 1.82) is 0 Å². The van der Waals surface area contributed by atoms with Crippen LogP contribution < -0.4 is 0 Å². The highest BCUT2D eigenvalue weighted by molar-refractivity contribution is 5.98. The quantitative estimate of drug-likeness (QED) is 0.207. The molecule has 0 aromatic heterocycles. The van der Waals surface area contributed by atoms with E-state index < -0.39 is 41.1 Å². The number of aliphatic hydroxyl groups is 1. The highest BCUT2D eigenvalue weighted by Crippen LogP contribution is 2.59. The molecule has 2 bridgehead atoms. The maximum Gasteiger partial charge on any atom is 0.312 e. The lowest BCUT2D eigenvalue weighted by Gasteiger charge is -2.45. The van der Waals surface area contributed by atoms with Gasteiger partial charge in [-0.25, -0.2) is 0 Å². The van der Waals surface area contributed by atoms with Gasteiger partial charge in [-0.05, 0) is 64.2 Å². The fourth-order valence-corrected chi connectivity index (χ4v) is 7.15. The maximum absolute atomic E-state index is 14.5. The van der Waals surface area contributed by atoms with Crippen molar-refractivity contribution >= 4 is 17.8 Å². The van der Waals surface area contributed by atoms with Gasteiger partial charge in [-0.15, -0.1) is 13.2 Å². The molecule has 5 atom stereocenters. The van der Waals surface area contributed by atoms with Gasteiger partial charge in [0.25, 0.3) is 0 Å². The summed E-state index contributed by atoms with van der Waals surface area (Å²) in [6.45, 7) is 18.9. The number of likely N-dealkylation sites (tertiary alicyclic amines) is 1. The van der Waals surface area contributed by atoms with E-state index in [-0.39, 0.29) is 37.0 Å². The average molecular weight is 533 g/mol.